The summed E-state index contributed by atoms with van der Waals surface area (Å²) in [4.78, 5) is 6.51. The summed E-state index contributed by atoms with van der Waals surface area (Å²) in [7, 11) is 3.86. The van der Waals surface area contributed by atoms with Crippen LogP contribution in [0.15, 0.2) is 27.8 Å². The maximum Gasteiger partial charge on any atom is 0.194 e. The average Bonchev–Trinajstić information content (AvgIpc) is 3.09. The van der Waals surface area contributed by atoms with Crippen LogP contribution in [0, 0.1) is 11.3 Å². The zero-order valence-electron chi connectivity index (χ0n) is 13.7. The van der Waals surface area contributed by atoms with E-state index in [0.29, 0.717) is 24.6 Å². The van der Waals surface area contributed by atoms with Crippen LogP contribution in [-0.4, -0.2) is 43.7 Å². The molecule has 0 radical (unpaired) electrons. The highest BCUT2D eigenvalue weighted by molar-refractivity contribution is 14.0. The number of nitrogens with one attached hydrogen (secondary N) is 1. The molecule has 1 saturated heterocycles. The van der Waals surface area contributed by atoms with E-state index in [1.807, 2.05) is 26.2 Å². The quantitative estimate of drug-likeness (QED) is 0.465. The third-order valence-corrected chi connectivity index (χ3v) is 4.93. The van der Waals surface area contributed by atoms with Crippen molar-refractivity contribution >= 4 is 29.9 Å². The van der Waals surface area contributed by atoms with Crippen LogP contribution < -0.4 is 5.32 Å². The van der Waals surface area contributed by atoms with Gasteiger partial charge in [-0.15, -0.1) is 24.0 Å². The number of guanidine groups is 1. The van der Waals surface area contributed by atoms with E-state index in [1.165, 1.54) is 0 Å². The van der Waals surface area contributed by atoms with Crippen molar-refractivity contribution in [3.8, 4) is 0 Å². The minimum Gasteiger partial charge on any atom is -0.467 e. The third-order valence-electron chi connectivity index (χ3n) is 4.93. The van der Waals surface area contributed by atoms with E-state index < -0.39 is 0 Å². The molecule has 1 saturated carbocycles. The number of ether oxygens (including phenoxy) is 1. The van der Waals surface area contributed by atoms with Crippen LogP contribution in [0.1, 0.15) is 26.0 Å². The maximum absolute atomic E-state index is 5.85. The Balaban J connectivity index is 0.00000176. The first-order valence-corrected chi connectivity index (χ1v) is 7.62. The summed E-state index contributed by atoms with van der Waals surface area (Å²) < 4.78 is 11.3. The van der Waals surface area contributed by atoms with Crippen molar-refractivity contribution in [2.45, 2.75) is 39.0 Å². The van der Waals surface area contributed by atoms with E-state index in [1.54, 1.807) is 6.26 Å². The van der Waals surface area contributed by atoms with Gasteiger partial charge in [0.2, 0.25) is 0 Å². The van der Waals surface area contributed by atoms with Gasteiger partial charge in [0.1, 0.15) is 5.76 Å². The molecule has 0 bridgehead atoms. The molecule has 0 amide bonds. The molecular weight excluding hydrogens is 393 g/mol. The Bertz CT molecular complexity index is 515. The predicted molar refractivity (Wildman–Crippen MR) is 97.5 cm³/mol. The number of halogens is 1. The number of nitrogens with zero attached hydrogens (tertiary/aromatic N) is 2. The lowest BCUT2D eigenvalue weighted by Gasteiger charge is -2.55. The standard InChI is InChI=1S/C16H25N3O2.HI/c1-16(2)13(12-7-9-21-14(12)16)18-15(17-3)19(4)10-11-6-5-8-20-11;/h5-6,8,12-14H,7,9-10H2,1-4H3,(H,17,18);1H. The molecule has 6 heteroatoms. The summed E-state index contributed by atoms with van der Waals surface area (Å²) >= 11 is 0. The summed E-state index contributed by atoms with van der Waals surface area (Å²) in [6.45, 7) is 6.15. The fourth-order valence-electron chi connectivity index (χ4n) is 3.81. The van der Waals surface area contributed by atoms with Crippen molar-refractivity contribution in [2.24, 2.45) is 16.3 Å². The lowest BCUT2D eigenvalue weighted by Crippen LogP contribution is -2.67. The zero-order valence-corrected chi connectivity index (χ0v) is 16.0. The number of rotatable bonds is 3. The SMILES string of the molecule is CN=C(NC1C2CCOC2C1(C)C)N(C)Cc1ccco1.I. The van der Waals surface area contributed by atoms with Crippen molar-refractivity contribution < 1.29 is 9.15 Å². The van der Waals surface area contributed by atoms with Gasteiger partial charge < -0.3 is 19.4 Å². The molecule has 2 fully saturated rings. The molecule has 0 spiro atoms. The summed E-state index contributed by atoms with van der Waals surface area (Å²) in [5.41, 5.74) is 0.155. The monoisotopic (exact) mass is 419 g/mol. The molecule has 1 aliphatic heterocycles. The zero-order chi connectivity index (χ0) is 15.0. The van der Waals surface area contributed by atoms with Crippen molar-refractivity contribution in [1.29, 1.82) is 0 Å². The molecule has 5 nitrogen and oxygen atoms in total. The Morgan fingerprint density at radius 2 is 2.27 bits per heavy atom. The van der Waals surface area contributed by atoms with Crippen LogP contribution in [-0.2, 0) is 11.3 Å². The Hall–Kier alpha value is -0.760. The third kappa shape index (κ3) is 2.99. The Morgan fingerprint density at radius 1 is 1.50 bits per heavy atom. The molecule has 1 aliphatic carbocycles. The fraction of sp³-hybridized carbons (Fsp3) is 0.688. The van der Waals surface area contributed by atoms with Crippen LogP contribution in [0.2, 0.25) is 0 Å². The van der Waals surface area contributed by atoms with Gasteiger partial charge in [-0.2, -0.15) is 0 Å². The highest BCUT2D eigenvalue weighted by Gasteiger charge is 2.59. The van der Waals surface area contributed by atoms with E-state index >= 15 is 0 Å². The second-order valence-corrected chi connectivity index (χ2v) is 6.67. The Morgan fingerprint density at radius 3 is 2.91 bits per heavy atom. The second-order valence-electron chi connectivity index (χ2n) is 6.67. The van der Waals surface area contributed by atoms with Gasteiger partial charge in [0.05, 0.1) is 18.9 Å². The molecule has 3 rings (SSSR count). The molecule has 22 heavy (non-hydrogen) atoms. The molecule has 124 valence electrons. The first-order valence-electron chi connectivity index (χ1n) is 7.62. The maximum atomic E-state index is 5.85. The lowest BCUT2D eigenvalue weighted by atomic mass is 9.57. The van der Waals surface area contributed by atoms with Crippen LogP contribution in [0.3, 0.4) is 0 Å². The van der Waals surface area contributed by atoms with Crippen molar-refractivity contribution in [3.63, 3.8) is 0 Å². The molecule has 2 aliphatic rings. The van der Waals surface area contributed by atoms with E-state index in [4.69, 9.17) is 9.15 Å². The Kier molecular flexibility index (Phi) is 5.42. The summed E-state index contributed by atoms with van der Waals surface area (Å²) in [6.07, 6.45) is 3.24. The highest BCUT2D eigenvalue weighted by Crippen LogP contribution is 2.52. The van der Waals surface area contributed by atoms with Gasteiger partial charge in [0.15, 0.2) is 5.96 Å². The summed E-state index contributed by atoms with van der Waals surface area (Å²) in [6, 6.07) is 4.31. The highest BCUT2D eigenvalue weighted by atomic mass is 127. The molecule has 0 aromatic carbocycles. The van der Waals surface area contributed by atoms with Gasteiger partial charge in [-0.1, -0.05) is 13.8 Å². The van der Waals surface area contributed by atoms with Crippen LogP contribution in [0.25, 0.3) is 0 Å². The first-order chi connectivity index (χ1) is 10.0. The van der Waals surface area contributed by atoms with Crippen LogP contribution in [0.4, 0.5) is 0 Å². The fourth-order valence-corrected chi connectivity index (χ4v) is 3.81. The van der Waals surface area contributed by atoms with Crippen molar-refractivity contribution in [1.82, 2.24) is 10.2 Å². The smallest absolute Gasteiger partial charge is 0.194 e. The minimum absolute atomic E-state index is 0. The average molecular weight is 419 g/mol. The lowest BCUT2D eigenvalue weighted by molar-refractivity contribution is -0.107. The van der Waals surface area contributed by atoms with E-state index in [9.17, 15) is 0 Å². The van der Waals surface area contributed by atoms with Crippen LogP contribution in [0.5, 0.6) is 0 Å². The van der Waals surface area contributed by atoms with Gasteiger partial charge in [-0.3, -0.25) is 4.99 Å². The molecule has 3 unspecified atom stereocenters. The minimum atomic E-state index is 0. The van der Waals surface area contributed by atoms with Gasteiger partial charge >= 0.3 is 0 Å². The van der Waals surface area contributed by atoms with E-state index in [2.05, 4.69) is 29.1 Å². The van der Waals surface area contributed by atoms with Crippen molar-refractivity contribution in [3.05, 3.63) is 24.2 Å². The number of aliphatic imine (C=N–C) groups is 1. The second kappa shape index (κ2) is 6.78. The van der Waals surface area contributed by atoms with Gasteiger partial charge in [0.25, 0.3) is 0 Å². The summed E-state index contributed by atoms with van der Waals surface area (Å²) in [5, 5.41) is 3.63. The molecule has 1 aromatic rings. The van der Waals surface area contributed by atoms with Gasteiger partial charge in [-0.05, 0) is 18.6 Å². The van der Waals surface area contributed by atoms with Gasteiger partial charge in [0, 0.05) is 38.1 Å². The molecule has 2 heterocycles. The molecule has 3 atom stereocenters. The number of hydrogen-bond acceptors (Lipinski definition) is 3. The topological polar surface area (TPSA) is 50.0 Å². The Labute approximate surface area is 149 Å². The predicted octanol–water partition coefficient (Wildman–Crippen LogP) is 2.72. The van der Waals surface area contributed by atoms with E-state index in [0.717, 1.165) is 24.7 Å². The molecular formula is C16H26IN3O2. The first kappa shape index (κ1) is 17.6. The molecule has 1 aromatic heterocycles. The summed E-state index contributed by atoms with van der Waals surface area (Å²) in [5.74, 6) is 2.46. The largest absolute Gasteiger partial charge is 0.467 e. The van der Waals surface area contributed by atoms with E-state index in [-0.39, 0.29) is 29.4 Å². The normalized spacial score (nSPS) is 29.3. The van der Waals surface area contributed by atoms with Gasteiger partial charge in [-0.25, -0.2) is 0 Å². The number of hydrogen-bond donors (Lipinski definition) is 1. The molecule has 1 N–H and O–H groups in total. The number of furan rings is 1. The number of fused-ring (bicyclic) bond motifs is 1. The van der Waals surface area contributed by atoms with Crippen molar-refractivity contribution in [2.75, 3.05) is 20.7 Å². The van der Waals surface area contributed by atoms with Crippen LogP contribution >= 0.6 is 24.0 Å².